The van der Waals surface area contributed by atoms with Gasteiger partial charge in [-0.05, 0) is 83.3 Å². The smallest absolute Gasteiger partial charge is 0.0325 e. The van der Waals surface area contributed by atoms with E-state index in [2.05, 4.69) is 57.1 Å². The van der Waals surface area contributed by atoms with Crippen LogP contribution in [0, 0.1) is 26.7 Å². The van der Waals surface area contributed by atoms with Crippen molar-refractivity contribution in [3.63, 3.8) is 0 Å². The first kappa shape index (κ1) is 15.5. The lowest BCUT2D eigenvalue weighted by molar-refractivity contribution is 0.131. The fourth-order valence-electron chi connectivity index (χ4n) is 3.94. The molecule has 1 aromatic rings. The molecule has 0 bridgehead atoms. The van der Waals surface area contributed by atoms with E-state index in [1.807, 2.05) is 0 Å². The second-order valence-corrected chi connectivity index (χ2v) is 6.55. The molecule has 0 amide bonds. The van der Waals surface area contributed by atoms with Crippen molar-refractivity contribution in [3.05, 3.63) is 34.4 Å². The van der Waals surface area contributed by atoms with Crippen LogP contribution >= 0.6 is 0 Å². The molecule has 2 heteroatoms. The second kappa shape index (κ2) is 6.73. The number of hydrogen-bond donors (Lipinski definition) is 1. The average molecular weight is 274 g/mol. The summed E-state index contributed by atoms with van der Waals surface area (Å²) in [6, 6.07) is 5.19. The molecule has 20 heavy (non-hydrogen) atoms. The van der Waals surface area contributed by atoms with Crippen molar-refractivity contribution in [2.24, 2.45) is 5.92 Å². The lowest BCUT2D eigenvalue weighted by Gasteiger charge is -2.38. The molecular formula is C18H30N2. The van der Waals surface area contributed by atoms with Gasteiger partial charge in [0.25, 0.3) is 0 Å². The van der Waals surface area contributed by atoms with Crippen molar-refractivity contribution >= 4 is 0 Å². The highest BCUT2D eigenvalue weighted by atomic mass is 15.2. The molecule has 1 fully saturated rings. The summed E-state index contributed by atoms with van der Waals surface area (Å²) < 4.78 is 0. The van der Waals surface area contributed by atoms with Gasteiger partial charge in [0, 0.05) is 12.6 Å². The Hall–Kier alpha value is -0.860. The minimum atomic E-state index is 0.537. The van der Waals surface area contributed by atoms with Crippen molar-refractivity contribution in [2.75, 3.05) is 26.7 Å². The minimum Gasteiger partial charge on any atom is -0.319 e. The summed E-state index contributed by atoms with van der Waals surface area (Å²) in [4.78, 5) is 2.68. The van der Waals surface area contributed by atoms with Crippen LogP contribution in [0.3, 0.4) is 0 Å². The van der Waals surface area contributed by atoms with Gasteiger partial charge in [0.15, 0.2) is 0 Å². The second-order valence-electron chi connectivity index (χ2n) is 6.55. The summed E-state index contributed by atoms with van der Waals surface area (Å²) in [5, 5.41) is 3.34. The molecular weight excluding hydrogens is 244 g/mol. The molecule has 0 aromatic heterocycles. The molecule has 0 radical (unpaired) electrons. The number of piperidine rings is 1. The summed E-state index contributed by atoms with van der Waals surface area (Å²) in [5.74, 6) is 0.808. The Bertz CT molecular complexity index is 428. The molecule has 0 spiro atoms. The van der Waals surface area contributed by atoms with Crippen LogP contribution in [0.25, 0.3) is 0 Å². The zero-order valence-electron chi connectivity index (χ0n) is 13.8. The van der Waals surface area contributed by atoms with Gasteiger partial charge in [-0.15, -0.1) is 0 Å². The van der Waals surface area contributed by atoms with Gasteiger partial charge in [-0.2, -0.15) is 0 Å². The van der Waals surface area contributed by atoms with Crippen LogP contribution in [0.4, 0.5) is 0 Å². The third-order valence-electron chi connectivity index (χ3n) is 4.75. The third kappa shape index (κ3) is 3.42. The highest BCUT2D eigenvalue weighted by Crippen LogP contribution is 2.31. The van der Waals surface area contributed by atoms with Gasteiger partial charge in [0.05, 0.1) is 0 Å². The number of likely N-dealkylation sites (tertiary alicyclic amines) is 1. The van der Waals surface area contributed by atoms with E-state index in [0.717, 1.165) is 12.5 Å². The molecule has 1 saturated heterocycles. The zero-order valence-corrected chi connectivity index (χ0v) is 13.8. The molecule has 1 aliphatic heterocycles. The number of rotatable bonds is 4. The van der Waals surface area contributed by atoms with E-state index in [0.29, 0.717) is 6.04 Å². The van der Waals surface area contributed by atoms with Gasteiger partial charge in [0.1, 0.15) is 0 Å². The van der Waals surface area contributed by atoms with Crippen molar-refractivity contribution in [1.82, 2.24) is 10.2 Å². The maximum atomic E-state index is 3.34. The predicted molar refractivity (Wildman–Crippen MR) is 87.3 cm³/mol. The molecule has 1 aromatic carbocycles. The number of nitrogens with zero attached hydrogens (tertiary/aromatic N) is 1. The normalized spacial score (nSPS) is 21.9. The molecule has 0 saturated carbocycles. The molecule has 0 aliphatic carbocycles. The SMILES string of the molecule is CNCC1CCCN(C(C)c2c(C)cc(C)cc2C)C1. The summed E-state index contributed by atoms with van der Waals surface area (Å²) in [6.45, 7) is 12.7. The third-order valence-corrected chi connectivity index (χ3v) is 4.75. The first-order valence-corrected chi connectivity index (χ1v) is 7.99. The average Bonchev–Trinajstić information content (AvgIpc) is 2.38. The fraction of sp³-hybridized carbons (Fsp3) is 0.667. The van der Waals surface area contributed by atoms with E-state index >= 15 is 0 Å². The Labute approximate surface area is 124 Å². The van der Waals surface area contributed by atoms with E-state index in [-0.39, 0.29) is 0 Å². The number of hydrogen-bond acceptors (Lipinski definition) is 2. The molecule has 2 nitrogen and oxygen atoms in total. The van der Waals surface area contributed by atoms with Crippen LogP contribution in [-0.2, 0) is 0 Å². The molecule has 2 atom stereocenters. The van der Waals surface area contributed by atoms with E-state index in [4.69, 9.17) is 0 Å². The van der Waals surface area contributed by atoms with Gasteiger partial charge < -0.3 is 5.32 Å². The maximum Gasteiger partial charge on any atom is 0.0325 e. The topological polar surface area (TPSA) is 15.3 Å². The minimum absolute atomic E-state index is 0.537. The van der Waals surface area contributed by atoms with Gasteiger partial charge in [-0.1, -0.05) is 17.7 Å². The first-order valence-electron chi connectivity index (χ1n) is 7.99. The van der Waals surface area contributed by atoms with Gasteiger partial charge in [0.2, 0.25) is 0 Å². The molecule has 1 heterocycles. The van der Waals surface area contributed by atoms with E-state index < -0.39 is 0 Å². The summed E-state index contributed by atoms with van der Waals surface area (Å²) >= 11 is 0. The zero-order chi connectivity index (χ0) is 14.7. The van der Waals surface area contributed by atoms with Crippen LogP contribution < -0.4 is 5.32 Å². The molecule has 2 unspecified atom stereocenters. The number of nitrogens with one attached hydrogen (secondary N) is 1. The largest absolute Gasteiger partial charge is 0.319 e. The van der Waals surface area contributed by atoms with Crippen LogP contribution in [0.15, 0.2) is 12.1 Å². The summed E-state index contributed by atoms with van der Waals surface area (Å²) in [5.41, 5.74) is 5.82. The quantitative estimate of drug-likeness (QED) is 0.902. The van der Waals surface area contributed by atoms with Crippen molar-refractivity contribution in [2.45, 2.75) is 46.6 Å². The summed E-state index contributed by atoms with van der Waals surface area (Å²) in [7, 11) is 2.07. The molecule has 112 valence electrons. The van der Waals surface area contributed by atoms with Crippen LogP contribution in [0.1, 0.15) is 48.1 Å². The van der Waals surface area contributed by atoms with Crippen molar-refractivity contribution in [3.8, 4) is 0 Å². The molecule has 1 N–H and O–H groups in total. The molecule has 2 rings (SSSR count). The summed E-state index contributed by atoms with van der Waals surface area (Å²) in [6.07, 6.45) is 2.70. The predicted octanol–water partition coefficient (Wildman–Crippen LogP) is 3.60. The highest BCUT2D eigenvalue weighted by Gasteiger charge is 2.25. The lowest BCUT2D eigenvalue weighted by atomic mass is 9.91. The highest BCUT2D eigenvalue weighted by molar-refractivity contribution is 5.39. The monoisotopic (exact) mass is 274 g/mol. The number of benzene rings is 1. The first-order chi connectivity index (χ1) is 9.52. The Balaban J connectivity index is 2.16. The fourth-order valence-corrected chi connectivity index (χ4v) is 3.94. The van der Waals surface area contributed by atoms with Crippen LogP contribution in [0.2, 0.25) is 0 Å². The van der Waals surface area contributed by atoms with E-state index in [9.17, 15) is 0 Å². The Kier molecular flexibility index (Phi) is 5.22. The van der Waals surface area contributed by atoms with Crippen LogP contribution in [0.5, 0.6) is 0 Å². The van der Waals surface area contributed by atoms with Gasteiger partial charge in [-0.3, -0.25) is 4.90 Å². The molecule has 1 aliphatic rings. The maximum absolute atomic E-state index is 3.34. The lowest BCUT2D eigenvalue weighted by Crippen LogP contribution is -2.40. The van der Waals surface area contributed by atoms with Gasteiger partial charge >= 0.3 is 0 Å². The number of aryl methyl sites for hydroxylation is 3. The standard InChI is InChI=1S/C18H30N2/c1-13-9-14(2)18(15(3)10-13)16(4)20-8-6-7-17(12-20)11-19-5/h9-10,16-17,19H,6-8,11-12H2,1-5H3. The van der Waals surface area contributed by atoms with E-state index in [1.54, 1.807) is 5.56 Å². The van der Waals surface area contributed by atoms with E-state index in [1.165, 1.54) is 42.6 Å². The van der Waals surface area contributed by atoms with Crippen LogP contribution in [-0.4, -0.2) is 31.6 Å². The Morgan fingerprint density at radius 2 is 1.90 bits per heavy atom. The van der Waals surface area contributed by atoms with Gasteiger partial charge in [-0.25, -0.2) is 0 Å². The Morgan fingerprint density at radius 3 is 2.50 bits per heavy atom. The van der Waals surface area contributed by atoms with Crippen molar-refractivity contribution in [1.29, 1.82) is 0 Å². The van der Waals surface area contributed by atoms with Crippen molar-refractivity contribution < 1.29 is 0 Å². The Morgan fingerprint density at radius 1 is 1.25 bits per heavy atom.